The molecule has 7 heteroatoms. The van der Waals surface area contributed by atoms with Gasteiger partial charge in [-0.15, -0.1) is 0 Å². The molecule has 0 bridgehead atoms. The fourth-order valence-corrected chi connectivity index (χ4v) is 2.82. The molecule has 1 aliphatic heterocycles. The standard InChI is InChI=1S/C19H22FN3O3/c1-21-19(22-9-13-5-3-4-6-17(13)24-2)23-10-14-7-16(20)8-15-11-25-12-26-18(14)15/h3-8H,9-12H2,1-2H3,(H2,21,22,23). The van der Waals surface area contributed by atoms with Crippen molar-refractivity contribution in [3.63, 3.8) is 0 Å². The summed E-state index contributed by atoms with van der Waals surface area (Å²) in [5.74, 6) is 1.76. The summed E-state index contributed by atoms with van der Waals surface area (Å²) in [5, 5.41) is 6.41. The van der Waals surface area contributed by atoms with Gasteiger partial charge >= 0.3 is 0 Å². The van der Waals surface area contributed by atoms with Gasteiger partial charge in [-0.05, 0) is 18.2 Å². The number of aliphatic imine (C=N–C) groups is 1. The fraction of sp³-hybridized carbons (Fsp3) is 0.316. The molecule has 0 atom stereocenters. The molecule has 1 aliphatic rings. The van der Waals surface area contributed by atoms with Gasteiger partial charge in [0.05, 0.1) is 13.7 Å². The van der Waals surface area contributed by atoms with E-state index in [-0.39, 0.29) is 12.6 Å². The maximum atomic E-state index is 13.8. The summed E-state index contributed by atoms with van der Waals surface area (Å²) in [6, 6.07) is 10.7. The largest absolute Gasteiger partial charge is 0.496 e. The highest BCUT2D eigenvalue weighted by atomic mass is 19.1. The van der Waals surface area contributed by atoms with Gasteiger partial charge < -0.3 is 24.8 Å². The molecule has 2 N–H and O–H groups in total. The van der Waals surface area contributed by atoms with Crippen LogP contribution >= 0.6 is 0 Å². The fourth-order valence-electron chi connectivity index (χ4n) is 2.82. The smallest absolute Gasteiger partial charge is 0.191 e. The Morgan fingerprint density at radius 3 is 2.73 bits per heavy atom. The zero-order chi connectivity index (χ0) is 18.4. The number of methoxy groups -OCH3 is 1. The molecule has 3 rings (SSSR count). The van der Waals surface area contributed by atoms with E-state index in [9.17, 15) is 4.39 Å². The Hall–Kier alpha value is -2.80. The number of nitrogens with zero attached hydrogens (tertiary/aromatic N) is 1. The molecule has 1 heterocycles. The van der Waals surface area contributed by atoms with Gasteiger partial charge in [-0.25, -0.2) is 4.39 Å². The van der Waals surface area contributed by atoms with Gasteiger partial charge in [0.25, 0.3) is 0 Å². The highest BCUT2D eigenvalue weighted by molar-refractivity contribution is 5.79. The van der Waals surface area contributed by atoms with Gasteiger partial charge in [-0.2, -0.15) is 0 Å². The minimum atomic E-state index is -0.313. The van der Waals surface area contributed by atoms with Crippen molar-refractivity contribution in [2.75, 3.05) is 21.0 Å². The van der Waals surface area contributed by atoms with Gasteiger partial charge in [0.15, 0.2) is 12.8 Å². The molecule has 0 radical (unpaired) electrons. The molecule has 0 saturated heterocycles. The zero-order valence-electron chi connectivity index (χ0n) is 14.8. The van der Waals surface area contributed by atoms with E-state index in [4.69, 9.17) is 14.2 Å². The van der Waals surface area contributed by atoms with E-state index in [0.29, 0.717) is 37.0 Å². The maximum Gasteiger partial charge on any atom is 0.191 e. The molecule has 2 aromatic rings. The first-order valence-electron chi connectivity index (χ1n) is 8.29. The second-order valence-electron chi connectivity index (χ2n) is 5.75. The Morgan fingerprint density at radius 1 is 1.19 bits per heavy atom. The number of ether oxygens (including phenoxy) is 3. The Balaban J connectivity index is 1.64. The van der Waals surface area contributed by atoms with Crippen LogP contribution in [0.1, 0.15) is 16.7 Å². The van der Waals surface area contributed by atoms with Crippen LogP contribution in [0.25, 0.3) is 0 Å². The summed E-state index contributed by atoms with van der Waals surface area (Å²) >= 11 is 0. The average molecular weight is 359 g/mol. The van der Waals surface area contributed by atoms with Crippen LogP contribution in [-0.4, -0.2) is 26.9 Å². The quantitative estimate of drug-likeness (QED) is 0.635. The van der Waals surface area contributed by atoms with Crippen molar-refractivity contribution in [2.45, 2.75) is 19.7 Å². The van der Waals surface area contributed by atoms with Crippen LogP contribution in [0.4, 0.5) is 4.39 Å². The Labute approximate surface area is 152 Å². The molecule has 0 spiro atoms. The number of hydrogen-bond donors (Lipinski definition) is 2. The summed E-state index contributed by atoms with van der Waals surface area (Å²) in [6.45, 7) is 1.45. The van der Waals surface area contributed by atoms with Crippen LogP contribution in [0.2, 0.25) is 0 Å². The Bertz CT molecular complexity index is 796. The van der Waals surface area contributed by atoms with Crippen molar-refractivity contribution in [2.24, 2.45) is 4.99 Å². The number of hydrogen-bond acceptors (Lipinski definition) is 4. The van der Waals surface area contributed by atoms with E-state index in [2.05, 4.69) is 15.6 Å². The topological polar surface area (TPSA) is 64.1 Å². The molecule has 0 fully saturated rings. The number of rotatable bonds is 5. The minimum Gasteiger partial charge on any atom is -0.496 e. The monoisotopic (exact) mass is 359 g/mol. The third kappa shape index (κ3) is 4.23. The lowest BCUT2D eigenvalue weighted by Crippen LogP contribution is -2.36. The van der Waals surface area contributed by atoms with Crippen LogP contribution in [0.5, 0.6) is 11.5 Å². The highest BCUT2D eigenvalue weighted by Gasteiger charge is 2.17. The second kappa shape index (κ2) is 8.53. The highest BCUT2D eigenvalue weighted by Crippen LogP contribution is 2.29. The second-order valence-corrected chi connectivity index (χ2v) is 5.75. The number of para-hydroxylation sites is 1. The predicted molar refractivity (Wildman–Crippen MR) is 96.7 cm³/mol. The molecule has 0 aliphatic carbocycles. The van der Waals surface area contributed by atoms with Crippen molar-refractivity contribution in [3.8, 4) is 11.5 Å². The van der Waals surface area contributed by atoms with E-state index in [1.54, 1.807) is 14.2 Å². The Morgan fingerprint density at radius 2 is 1.96 bits per heavy atom. The molecule has 0 aromatic heterocycles. The lowest BCUT2D eigenvalue weighted by atomic mass is 10.1. The first kappa shape index (κ1) is 18.0. The summed E-state index contributed by atoms with van der Waals surface area (Å²) in [6.07, 6.45) is 0. The third-order valence-electron chi connectivity index (χ3n) is 4.06. The molecule has 138 valence electrons. The number of halogens is 1. The van der Waals surface area contributed by atoms with Crippen LogP contribution < -0.4 is 20.1 Å². The number of guanidine groups is 1. The number of nitrogens with one attached hydrogen (secondary N) is 2. The molecule has 0 amide bonds. The molecule has 0 saturated carbocycles. The van der Waals surface area contributed by atoms with Crippen molar-refractivity contribution >= 4 is 5.96 Å². The van der Waals surface area contributed by atoms with E-state index in [0.717, 1.165) is 16.9 Å². The molecule has 6 nitrogen and oxygen atoms in total. The maximum absolute atomic E-state index is 13.8. The SMILES string of the molecule is CN=C(NCc1ccccc1OC)NCc1cc(F)cc2c1OCOC2. The van der Waals surface area contributed by atoms with E-state index >= 15 is 0 Å². The van der Waals surface area contributed by atoms with Crippen molar-refractivity contribution in [1.82, 2.24) is 10.6 Å². The predicted octanol–water partition coefficient (Wildman–Crippen LogP) is 2.57. The van der Waals surface area contributed by atoms with Gasteiger partial charge in [0, 0.05) is 36.8 Å². The lowest BCUT2D eigenvalue weighted by molar-refractivity contribution is -0.0172. The third-order valence-corrected chi connectivity index (χ3v) is 4.06. The van der Waals surface area contributed by atoms with Crippen molar-refractivity contribution < 1.29 is 18.6 Å². The van der Waals surface area contributed by atoms with Crippen molar-refractivity contribution in [1.29, 1.82) is 0 Å². The van der Waals surface area contributed by atoms with E-state index in [1.165, 1.54) is 12.1 Å². The summed E-state index contributed by atoms with van der Waals surface area (Å²) < 4.78 is 29.9. The minimum absolute atomic E-state index is 0.173. The molecular weight excluding hydrogens is 337 g/mol. The average Bonchev–Trinajstić information content (AvgIpc) is 2.68. The number of fused-ring (bicyclic) bond motifs is 1. The van der Waals surface area contributed by atoms with Crippen LogP contribution in [0.3, 0.4) is 0 Å². The summed E-state index contributed by atoms with van der Waals surface area (Å²) in [5.41, 5.74) is 2.45. The molecule has 0 unspecified atom stereocenters. The van der Waals surface area contributed by atoms with Gasteiger partial charge in [-0.1, -0.05) is 18.2 Å². The molecular formula is C19H22FN3O3. The van der Waals surface area contributed by atoms with E-state index in [1.807, 2.05) is 24.3 Å². The van der Waals surface area contributed by atoms with Crippen LogP contribution in [0.15, 0.2) is 41.4 Å². The van der Waals surface area contributed by atoms with Gasteiger partial charge in [0.2, 0.25) is 0 Å². The van der Waals surface area contributed by atoms with Crippen LogP contribution in [-0.2, 0) is 24.4 Å². The van der Waals surface area contributed by atoms with E-state index < -0.39 is 0 Å². The Kier molecular flexibility index (Phi) is 5.91. The number of benzene rings is 2. The van der Waals surface area contributed by atoms with Crippen LogP contribution in [0, 0.1) is 5.82 Å². The molecule has 26 heavy (non-hydrogen) atoms. The zero-order valence-corrected chi connectivity index (χ0v) is 14.8. The van der Waals surface area contributed by atoms with Crippen molar-refractivity contribution in [3.05, 3.63) is 58.9 Å². The molecule has 2 aromatic carbocycles. The first-order chi connectivity index (χ1) is 12.7. The summed E-state index contributed by atoms with van der Waals surface area (Å²) in [4.78, 5) is 4.20. The van der Waals surface area contributed by atoms with Gasteiger partial charge in [-0.3, -0.25) is 4.99 Å². The normalized spacial score (nSPS) is 13.6. The first-order valence-corrected chi connectivity index (χ1v) is 8.29. The van der Waals surface area contributed by atoms with Gasteiger partial charge in [0.1, 0.15) is 17.3 Å². The summed E-state index contributed by atoms with van der Waals surface area (Å²) in [7, 11) is 3.33. The lowest BCUT2D eigenvalue weighted by Gasteiger charge is -2.21.